The van der Waals surface area contributed by atoms with Crippen LogP contribution in [0.5, 0.6) is 0 Å². The maximum absolute atomic E-state index is 12.6. The average Bonchev–Trinajstić information content (AvgIpc) is 2.59. The number of rotatable bonds is 3. The van der Waals surface area contributed by atoms with Crippen LogP contribution in [0.4, 0.5) is 5.69 Å². The van der Waals surface area contributed by atoms with Gasteiger partial charge in [0, 0.05) is 32.2 Å². The number of carbonyl (C=O) groups excluding carboxylic acids is 1. The molecule has 1 atom stereocenters. The first-order valence-electron chi connectivity index (χ1n) is 9.11. The quantitative estimate of drug-likeness (QED) is 0.915. The summed E-state index contributed by atoms with van der Waals surface area (Å²) in [5.74, 6) is 0.967. The molecule has 6 heteroatoms. The van der Waals surface area contributed by atoms with Crippen molar-refractivity contribution in [2.45, 2.75) is 51.5 Å². The van der Waals surface area contributed by atoms with E-state index in [0.29, 0.717) is 12.6 Å². The molecule has 2 fully saturated rings. The molecular weight excluding hydrogens is 304 g/mol. The number of aryl methyl sites for hydroxylation is 1. The number of nitrogens with one attached hydrogen (secondary N) is 1. The Bertz CT molecular complexity index is 634. The number of hydrogen-bond donors (Lipinski definition) is 1. The Labute approximate surface area is 143 Å². The lowest BCUT2D eigenvalue weighted by Gasteiger charge is -2.35. The van der Waals surface area contributed by atoms with E-state index in [0.717, 1.165) is 43.8 Å². The van der Waals surface area contributed by atoms with Gasteiger partial charge in [0.05, 0.1) is 17.8 Å². The summed E-state index contributed by atoms with van der Waals surface area (Å²) >= 11 is 0. The van der Waals surface area contributed by atoms with E-state index in [2.05, 4.69) is 22.2 Å². The van der Waals surface area contributed by atoms with Crippen LogP contribution in [-0.2, 0) is 11.8 Å². The molecule has 1 aliphatic heterocycles. The second-order valence-corrected chi connectivity index (χ2v) is 7.43. The molecule has 1 N–H and O–H groups in total. The number of aromatic nitrogens is 2. The Morgan fingerprint density at radius 3 is 2.71 bits per heavy atom. The van der Waals surface area contributed by atoms with Crippen LogP contribution in [0.25, 0.3) is 0 Å². The molecule has 6 nitrogen and oxygen atoms in total. The molecule has 132 valence electrons. The Morgan fingerprint density at radius 2 is 2.00 bits per heavy atom. The van der Waals surface area contributed by atoms with Crippen molar-refractivity contribution in [3.8, 4) is 0 Å². The van der Waals surface area contributed by atoms with Crippen molar-refractivity contribution in [1.82, 2.24) is 15.1 Å². The minimum atomic E-state index is -0.115. The normalized spacial score (nSPS) is 27.8. The van der Waals surface area contributed by atoms with E-state index in [1.807, 2.05) is 0 Å². The van der Waals surface area contributed by atoms with Crippen LogP contribution < -0.4 is 15.8 Å². The zero-order valence-electron chi connectivity index (χ0n) is 14.7. The maximum Gasteiger partial charge on any atom is 0.268 e. The third-order valence-corrected chi connectivity index (χ3v) is 5.47. The van der Waals surface area contributed by atoms with E-state index in [9.17, 15) is 9.59 Å². The summed E-state index contributed by atoms with van der Waals surface area (Å²) in [6.45, 7) is 3.83. The fourth-order valence-electron chi connectivity index (χ4n) is 3.78. The molecule has 1 saturated carbocycles. The topological polar surface area (TPSA) is 67.2 Å². The third-order valence-electron chi connectivity index (χ3n) is 5.47. The van der Waals surface area contributed by atoms with Gasteiger partial charge >= 0.3 is 0 Å². The van der Waals surface area contributed by atoms with Crippen molar-refractivity contribution >= 4 is 11.6 Å². The van der Waals surface area contributed by atoms with Crippen LogP contribution in [0.1, 0.15) is 45.4 Å². The monoisotopic (exact) mass is 332 g/mol. The average molecular weight is 332 g/mol. The van der Waals surface area contributed by atoms with Gasteiger partial charge in [-0.2, -0.15) is 5.10 Å². The first-order chi connectivity index (χ1) is 11.5. The van der Waals surface area contributed by atoms with E-state index in [1.165, 1.54) is 17.5 Å². The van der Waals surface area contributed by atoms with Crippen molar-refractivity contribution in [1.29, 1.82) is 0 Å². The number of amides is 1. The SMILES string of the molecule is CC1CCC(NC(=O)C2CCCN(c3cnn(C)c(=O)c3)C2)CC1. The lowest BCUT2D eigenvalue weighted by Crippen LogP contribution is -2.47. The summed E-state index contributed by atoms with van der Waals surface area (Å²) < 4.78 is 1.32. The van der Waals surface area contributed by atoms with Gasteiger partial charge in [-0.1, -0.05) is 6.92 Å². The minimum Gasteiger partial charge on any atom is -0.369 e. The predicted octanol–water partition coefficient (Wildman–Crippen LogP) is 1.69. The minimum absolute atomic E-state index is 0.00200. The number of carbonyl (C=O) groups is 1. The van der Waals surface area contributed by atoms with Crippen LogP contribution >= 0.6 is 0 Å². The molecule has 0 spiro atoms. The van der Waals surface area contributed by atoms with Crippen molar-refractivity contribution in [3.63, 3.8) is 0 Å². The summed E-state index contributed by atoms with van der Waals surface area (Å²) in [7, 11) is 1.64. The van der Waals surface area contributed by atoms with Crippen LogP contribution in [0.2, 0.25) is 0 Å². The highest BCUT2D eigenvalue weighted by Crippen LogP contribution is 2.25. The van der Waals surface area contributed by atoms with E-state index in [4.69, 9.17) is 0 Å². The van der Waals surface area contributed by atoms with Gasteiger partial charge in [-0.05, 0) is 44.4 Å². The van der Waals surface area contributed by atoms with E-state index >= 15 is 0 Å². The first kappa shape index (κ1) is 17.0. The molecule has 1 amide bonds. The molecule has 1 saturated heterocycles. The van der Waals surface area contributed by atoms with E-state index < -0.39 is 0 Å². The zero-order valence-corrected chi connectivity index (χ0v) is 14.7. The molecule has 3 rings (SSSR count). The van der Waals surface area contributed by atoms with Gasteiger partial charge in [0.2, 0.25) is 5.91 Å². The summed E-state index contributed by atoms with van der Waals surface area (Å²) in [4.78, 5) is 26.5. The molecule has 1 unspecified atom stereocenters. The first-order valence-corrected chi connectivity index (χ1v) is 9.11. The summed E-state index contributed by atoms with van der Waals surface area (Å²) in [6, 6.07) is 1.95. The third kappa shape index (κ3) is 3.97. The van der Waals surface area contributed by atoms with Crippen molar-refractivity contribution in [3.05, 3.63) is 22.6 Å². The maximum atomic E-state index is 12.6. The summed E-state index contributed by atoms with van der Waals surface area (Å²) in [5.41, 5.74) is 0.706. The molecule has 2 heterocycles. The lowest BCUT2D eigenvalue weighted by molar-refractivity contribution is -0.126. The fourth-order valence-corrected chi connectivity index (χ4v) is 3.78. The van der Waals surface area contributed by atoms with E-state index in [1.54, 1.807) is 19.3 Å². The van der Waals surface area contributed by atoms with Gasteiger partial charge in [0.25, 0.3) is 5.56 Å². The largest absolute Gasteiger partial charge is 0.369 e. The number of anilines is 1. The molecule has 2 aliphatic rings. The molecule has 0 bridgehead atoms. The zero-order chi connectivity index (χ0) is 17.1. The van der Waals surface area contributed by atoms with Gasteiger partial charge in [-0.15, -0.1) is 0 Å². The van der Waals surface area contributed by atoms with Gasteiger partial charge in [0.1, 0.15) is 0 Å². The van der Waals surface area contributed by atoms with Gasteiger partial charge in [0.15, 0.2) is 0 Å². The number of piperidine rings is 1. The predicted molar refractivity (Wildman–Crippen MR) is 94.0 cm³/mol. The highest BCUT2D eigenvalue weighted by Gasteiger charge is 2.28. The Morgan fingerprint density at radius 1 is 1.25 bits per heavy atom. The summed E-state index contributed by atoms with van der Waals surface area (Å²) in [6.07, 6.45) is 8.22. The molecule has 24 heavy (non-hydrogen) atoms. The Hall–Kier alpha value is -1.85. The molecule has 0 aromatic carbocycles. The molecule has 0 radical (unpaired) electrons. The van der Waals surface area contributed by atoms with Gasteiger partial charge in [-0.3, -0.25) is 9.59 Å². The Balaban J connectivity index is 1.59. The van der Waals surface area contributed by atoms with Crippen LogP contribution in [0.3, 0.4) is 0 Å². The molecule has 1 aliphatic carbocycles. The Kier molecular flexibility index (Phi) is 5.21. The number of nitrogens with zero attached hydrogens (tertiary/aromatic N) is 3. The van der Waals surface area contributed by atoms with E-state index in [-0.39, 0.29) is 17.4 Å². The number of hydrogen-bond acceptors (Lipinski definition) is 4. The van der Waals surface area contributed by atoms with Crippen molar-refractivity contribution in [2.24, 2.45) is 18.9 Å². The van der Waals surface area contributed by atoms with Crippen LogP contribution in [0.15, 0.2) is 17.1 Å². The molecular formula is C18H28N4O2. The summed E-state index contributed by atoms with van der Waals surface area (Å²) in [5, 5.41) is 7.34. The van der Waals surface area contributed by atoms with Crippen LogP contribution in [-0.4, -0.2) is 34.8 Å². The smallest absolute Gasteiger partial charge is 0.268 e. The van der Waals surface area contributed by atoms with Crippen molar-refractivity contribution < 1.29 is 4.79 Å². The van der Waals surface area contributed by atoms with Gasteiger partial charge in [-0.25, -0.2) is 4.68 Å². The second kappa shape index (κ2) is 7.36. The fraction of sp³-hybridized carbons (Fsp3) is 0.722. The highest BCUT2D eigenvalue weighted by molar-refractivity contribution is 5.80. The molecule has 1 aromatic rings. The van der Waals surface area contributed by atoms with Crippen LogP contribution in [0, 0.1) is 11.8 Å². The molecule has 1 aromatic heterocycles. The van der Waals surface area contributed by atoms with Gasteiger partial charge < -0.3 is 10.2 Å². The van der Waals surface area contributed by atoms with Crippen molar-refractivity contribution in [2.75, 3.05) is 18.0 Å². The highest BCUT2D eigenvalue weighted by atomic mass is 16.2. The lowest BCUT2D eigenvalue weighted by atomic mass is 9.87. The second-order valence-electron chi connectivity index (χ2n) is 7.43. The standard InChI is InChI=1S/C18H28N4O2/c1-13-5-7-15(8-6-13)20-18(24)14-4-3-9-22(12-14)16-10-17(23)21(2)19-11-16/h10-11,13-15H,3-9,12H2,1-2H3,(H,20,24).